The first-order valence-corrected chi connectivity index (χ1v) is 22.0. The minimum atomic E-state index is -1.19. The molecule has 0 aliphatic heterocycles. The molecular weight excluding hydrogens is 761 g/mol. The number of carbonyl (C=O) groups excluding carboxylic acids is 2. The minimum absolute atomic E-state index is 0.00370. The molecule has 0 unspecified atom stereocenters. The Morgan fingerprint density at radius 3 is 2.21 bits per heavy atom. The molecule has 11 heteroatoms. The number of nitrogens with zero attached hydrogens (tertiary/aromatic N) is 2. The van der Waals surface area contributed by atoms with Gasteiger partial charge >= 0.3 is 11.9 Å². The summed E-state index contributed by atoms with van der Waals surface area (Å²) in [6.45, 7) is 20.1. The van der Waals surface area contributed by atoms with Crippen molar-refractivity contribution in [2.45, 2.75) is 145 Å². The van der Waals surface area contributed by atoms with Crippen LogP contribution in [0.5, 0.6) is 0 Å². The first kappa shape index (κ1) is 42.3. The molecule has 7 rings (SSSR count). The van der Waals surface area contributed by atoms with Crippen molar-refractivity contribution in [1.82, 2.24) is 9.36 Å². The second-order valence-corrected chi connectivity index (χ2v) is 21.5. The number of fused-ring (bicyclic) bond motifs is 7. The summed E-state index contributed by atoms with van der Waals surface area (Å²) in [4.78, 5) is 53.7. The normalized spacial score (nSPS) is 34.7. The van der Waals surface area contributed by atoms with Crippen LogP contribution in [0.15, 0.2) is 40.2 Å². The highest BCUT2D eigenvalue weighted by atomic mass is 35.5. The molecule has 2 aromatic rings. The van der Waals surface area contributed by atoms with Gasteiger partial charge in [0.1, 0.15) is 11.1 Å². The molecule has 1 aromatic heterocycles. The number of benzene rings is 1. The molecule has 0 spiro atoms. The number of carbonyl (C=O) groups is 3. The lowest BCUT2D eigenvalue weighted by Crippen LogP contribution is -2.66. The zero-order chi connectivity index (χ0) is 41.8. The summed E-state index contributed by atoms with van der Waals surface area (Å²) in [7, 11) is 0. The van der Waals surface area contributed by atoms with Gasteiger partial charge in [-0.05, 0) is 141 Å². The van der Waals surface area contributed by atoms with Crippen LogP contribution in [0.4, 0.5) is 0 Å². The van der Waals surface area contributed by atoms with Crippen LogP contribution in [0.3, 0.4) is 0 Å². The largest absolute Gasteiger partial charge is 0.481 e. The molecule has 9 nitrogen and oxygen atoms in total. The fourth-order valence-electron chi connectivity index (χ4n) is 13.9. The molecular formula is C46H63Cl2N3O6. The van der Waals surface area contributed by atoms with E-state index < -0.39 is 22.8 Å². The molecule has 1 heterocycles. The van der Waals surface area contributed by atoms with Gasteiger partial charge < -0.3 is 15.6 Å². The van der Waals surface area contributed by atoms with Gasteiger partial charge in [0.25, 0.3) is 5.56 Å². The van der Waals surface area contributed by atoms with E-state index >= 15 is 0 Å². The van der Waals surface area contributed by atoms with Gasteiger partial charge in [0.15, 0.2) is 5.78 Å². The Kier molecular flexibility index (Phi) is 10.5. The van der Waals surface area contributed by atoms with Crippen molar-refractivity contribution in [2.75, 3.05) is 6.54 Å². The van der Waals surface area contributed by atoms with Crippen molar-refractivity contribution < 1.29 is 24.2 Å². The number of esters is 1. The van der Waals surface area contributed by atoms with Crippen molar-refractivity contribution in [3.63, 3.8) is 0 Å². The van der Waals surface area contributed by atoms with E-state index in [0.29, 0.717) is 48.5 Å². The summed E-state index contributed by atoms with van der Waals surface area (Å²) in [6.07, 6.45) is 7.14. The molecule has 0 radical (unpaired) electrons. The molecule has 4 saturated carbocycles. The number of ether oxygens (including phenoxy) is 1. The number of hydrogen-bond acceptors (Lipinski definition) is 6. The number of aliphatic carboxylic acids is 1. The predicted octanol–water partition coefficient (Wildman–Crippen LogP) is 9.55. The molecule has 5 aliphatic rings. The number of halogens is 2. The standard InChI is InChI=1S/C46H63Cl2N3O6/c1-26(2)35-30(52)24-46(38-37(48)39(54)51(50(38)23-22-49)28-12-10-27(47)11-13-28)21-20-44(8)29(36(35)46)14-15-32-43(7)18-17-33(57-34(53)25-41(3,4)40(55)56)42(5,6)31(43)16-19-45(32,44)9/h10-13,26,29,31-33H,14-25,49H2,1-9H3,(H,55,56)/t29-,31+,32-,33+,43+,44-,45-,46-/m1/s1. The maximum absolute atomic E-state index is 14.5. The third-order valence-corrected chi connectivity index (χ3v) is 17.4. The van der Waals surface area contributed by atoms with Crippen molar-refractivity contribution in [2.24, 2.45) is 56.5 Å². The number of allylic oxidation sites excluding steroid dienone is 2. The van der Waals surface area contributed by atoms with E-state index in [0.717, 1.165) is 56.2 Å². The predicted molar refractivity (Wildman–Crippen MR) is 224 cm³/mol. The summed E-state index contributed by atoms with van der Waals surface area (Å²) in [5.41, 5.74) is 7.12. The maximum atomic E-state index is 14.5. The SMILES string of the molecule is CC(C)C1=C2[C@H]3CC[C@@H]4[C@@]5(C)CC[C@H](OC(=O)CC(C)(C)C(=O)O)C(C)(C)[C@@H]5CC[C@@]4(C)[C@]3(C)CC[C@@]2(c2c(Cl)c(=O)n(-c3ccc(Cl)cc3)n2CCN)CC1=O. The first-order chi connectivity index (χ1) is 26.5. The monoisotopic (exact) mass is 823 g/mol. The van der Waals surface area contributed by atoms with Gasteiger partial charge in [-0.2, -0.15) is 0 Å². The molecule has 0 amide bonds. The van der Waals surface area contributed by atoms with E-state index in [4.69, 9.17) is 33.7 Å². The third-order valence-electron chi connectivity index (χ3n) is 16.8. The lowest BCUT2D eigenvalue weighted by molar-refractivity contribution is -0.232. The lowest BCUT2D eigenvalue weighted by Gasteiger charge is -2.72. The van der Waals surface area contributed by atoms with Crippen LogP contribution < -0.4 is 11.3 Å². The van der Waals surface area contributed by atoms with Gasteiger partial charge in [0, 0.05) is 28.8 Å². The first-order valence-electron chi connectivity index (χ1n) is 21.2. The Labute approximate surface area is 348 Å². The van der Waals surface area contributed by atoms with Gasteiger partial charge in [0.2, 0.25) is 0 Å². The van der Waals surface area contributed by atoms with Crippen LogP contribution in [0.2, 0.25) is 10.0 Å². The summed E-state index contributed by atoms with van der Waals surface area (Å²) in [5, 5.41) is 10.4. The highest BCUT2D eigenvalue weighted by Crippen LogP contribution is 2.77. The van der Waals surface area contributed by atoms with E-state index in [1.54, 1.807) is 30.7 Å². The minimum Gasteiger partial charge on any atom is -0.481 e. The van der Waals surface area contributed by atoms with Crippen molar-refractivity contribution in [1.29, 1.82) is 0 Å². The number of carboxylic acid groups (broad SMARTS) is 1. The molecule has 4 fully saturated rings. The molecule has 57 heavy (non-hydrogen) atoms. The highest BCUT2D eigenvalue weighted by Gasteiger charge is 2.71. The number of carboxylic acids is 1. The fraction of sp³-hybridized carbons (Fsp3) is 0.696. The summed E-state index contributed by atoms with van der Waals surface area (Å²) >= 11 is 13.5. The van der Waals surface area contributed by atoms with E-state index in [1.165, 1.54) is 5.57 Å². The molecule has 312 valence electrons. The molecule has 5 aliphatic carbocycles. The number of hydrogen-bond donors (Lipinski definition) is 2. The quantitative estimate of drug-likeness (QED) is 0.241. The second-order valence-electron chi connectivity index (χ2n) is 20.7. The second kappa shape index (κ2) is 14.1. The summed E-state index contributed by atoms with van der Waals surface area (Å²) in [6, 6.07) is 7.17. The third kappa shape index (κ3) is 6.08. The number of aromatic nitrogens is 2. The van der Waals surface area contributed by atoms with E-state index in [2.05, 4.69) is 48.5 Å². The Bertz CT molecular complexity index is 2080. The van der Waals surface area contributed by atoms with E-state index in [-0.39, 0.29) is 62.4 Å². The smallest absolute Gasteiger partial charge is 0.309 e. The van der Waals surface area contributed by atoms with Gasteiger partial charge in [-0.25, -0.2) is 4.68 Å². The summed E-state index contributed by atoms with van der Waals surface area (Å²) < 4.78 is 9.78. The lowest BCUT2D eigenvalue weighted by atomic mass is 9.33. The van der Waals surface area contributed by atoms with Crippen LogP contribution in [-0.2, 0) is 31.1 Å². The zero-order valence-corrected chi connectivity index (χ0v) is 36.9. The number of nitrogens with two attached hydrogens (primary N) is 1. The number of ketones is 1. The topological polar surface area (TPSA) is 134 Å². The molecule has 0 saturated heterocycles. The van der Waals surface area contributed by atoms with E-state index in [1.807, 2.05) is 16.8 Å². The van der Waals surface area contributed by atoms with E-state index in [9.17, 15) is 24.3 Å². The number of rotatable bonds is 9. The average Bonchev–Trinajstić information content (AvgIpc) is 3.56. The van der Waals surface area contributed by atoms with Crippen molar-refractivity contribution >= 4 is 40.9 Å². The zero-order valence-electron chi connectivity index (χ0n) is 35.4. The Balaban J connectivity index is 1.28. The Morgan fingerprint density at radius 1 is 0.930 bits per heavy atom. The van der Waals surface area contributed by atoms with Gasteiger partial charge in [-0.3, -0.25) is 23.9 Å². The van der Waals surface area contributed by atoms with Crippen LogP contribution in [-0.4, -0.2) is 44.8 Å². The van der Waals surface area contributed by atoms with Gasteiger partial charge in [0.05, 0.1) is 29.8 Å². The van der Waals surface area contributed by atoms with Crippen LogP contribution in [0.1, 0.15) is 132 Å². The van der Waals surface area contributed by atoms with Crippen molar-refractivity contribution in [3.05, 3.63) is 61.5 Å². The van der Waals surface area contributed by atoms with Gasteiger partial charge in [-0.15, -0.1) is 0 Å². The van der Waals surface area contributed by atoms with Gasteiger partial charge in [-0.1, -0.05) is 71.7 Å². The molecule has 0 bridgehead atoms. The highest BCUT2D eigenvalue weighted by molar-refractivity contribution is 6.31. The van der Waals surface area contributed by atoms with Crippen LogP contribution >= 0.6 is 23.2 Å². The number of Topliss-reactive ketones (excluding diaryl/α,β-unsaturated/α-hetero) is 1. The summed E-state index contributed by atoms with van der Waals surface area (Å²) in [5.74, 6) is -0.392. The van der Waals surface area contributed by atoms with Crippen LogP contribution in [0.25, 0.3) is 5.69 Å². The Hall–Kier alpha value is -2.88. The molecule has 1 aromatic carbocycles. The maximum Gasteiger partial charge on any atom is 0.309 e. The van der Waals surface area contributed by atoms with Crippen LogP contribution in [0, 0.1) is 50.7 Å². The molecule has 8 atom stereocenters. The van der Waals surface area contributed by atoms with Crippen molar-refractivity contribution in [3.8, 4) is 5.69 Å². The Morgan fingerprint density at radius 2 is 1.60 bits per heavy atom. The average molecular weight is 825 g/mol. The molecule has 3 N–H and O–H groups in total. The fourth-order valence-corrected chi connectivity index (χ4v) is 14.4.